The van der Waals surface area contributed by atoms with Crippen LogP contribution in [0.5, 0.6) is 0 Å². The zero-order valence-corrected chi connectivity index (χ0v) is 10.6. The van der Waals surface area contributed by atoms with Crippen LogP contribution < -0.4 is 0 Å². The van der Waals surface area contributed by atoms with Crippen molar-refractivity contribution in [3.63, 3.8) is 0 Å². The Hall–Kier alpha value is -1.70. The molecule has 2 nitrogen and oxygen atoms in total. The second kappa shape index (κ2) is 5.09. The number of hydrogen-bond donors (Lipinski definition) is 0. The maximum atomic E-state index is 4.46. The van der Waals surface area contributed by atoms with Crippen LogP contribution in [-0.2, 0) is 6.42 Å². The average Bonchev–Trinajstić information content (AvgIpc) is 2.39. The predicted octanol–water partition coefficient (Wildman–Crippen LogP) is 3.83. The van der Waals surface area contributed by atoms with Crippen molar-refractivity contribution in [2.75, 3.05) is 0 Å². The molecular weight excluding hydrogens is 208 g/mol. The molecule has 0 spiro atoms. The first-order valence-corrected chi connectivity index (χ1v) is 6.12. The van der Waals surface area contributed by atoms with E-state index in [0.29, 0.717) is 5.92 Å². The first kappa shape index (κ1) is 11.8. The van der Waals surface area contributed by atoms with E-state index in [-0.39, 0.29) is 0 Å². The van der Waals surface area contributed by atoms with Gasteiger partial charge in [-0.2, -0.15) is 0 Å². The standard InChI is InChI=1S/C15H18N2/c1-4-12-5-7-14(16-9-12)15-8-6-13(10-17-15)11(2)3/h5-11H,4H2,1-3H3. The highest BCUT2D eigenvalue weighted by atomic mass is 14.8. The van der Waals surface area contributed by atoms with Gasteiger partial charge < -0.3 is 0 Å². The molecule has 2 aromatic rings. The molecule has 2 aromatic heterocycles. The lowest BCUT2D eigenvalue weighted by Crippen LogP contribution is -1.92. The molecular formula is C15H18N2. The summed E-state index contributed by atoms with van der Waals surface area (Å²) in [6, 6.07) is 8.32. The fourth-order valence-corrected chi connectivity index (χ4v) is 1.68. The maximum Gasteiger partial charge on any atom is 0.0886 e. The van der Waals surface area contributed by atoms with Gasteiger partial charge in [-0.1, -0.05) is 32.9 Å². The molecule has 0 aliphatic carbocycles. The molecule has 0 atom stereocenters. The SMILES string of the molecule is CCc1ccc(-c2ccc(C(C)C)cn2)nc1. The van der Waals surface area contributed by atoms with E-state index in [1.54, 1.807) is 0 Å². The molecule has 88 valence electrons. The normalized spacial score (nSPS) is 10.8. The van der Waals surface area contributed by atoms with Gasteiger partial charge in [-0.05, 0) is 35.6 Å². The van der Waals surface area contributed by atoms with Gasteiger partial charge in [0.25, 0.3) is 0 Å². The van der Waals surface area contributed by atoms with Crippen molar-refractivity contribution in [2.45, 2.75) is 33.1 Å². The summed E-state index contributed by atoms with van der Waals surface area (Å²) in [5, 5.41) is 0. The van der Waals surface area contributed by atoms with Gasteiger partial charge in [0.2, 0.25) is 0 Å². The van der Waals surface area contributed by atoms with Crippen LogP contribution in [-0.4, -0.2) is 9.97 Å². The zero-order chi connectivity index (χ0) is 12.3. The molecule has 0 unspecified atom stereocenters. The minimum Gasteiger partial charge on any atom is -0.254 e. The van der Waals surface area contributed by atoms with E-state index in [4.69, 9.17) is 0 Å². The van der Waals surface area contributed by atoms with Crippen molar-refractivity contribution < 1.29 is 0 Å². The highest BCUT2D eigenvalue weighted by molar-refractivity contribution is 5.54. The summed E-state index contributed by atoms with van der Waals surface area (Å²) in [5.41, 5.74) is 4.40. The van der Waals surface area contributed by atoms with Crippen LogP contribution >= 0.6 is 0 Å². The number of aromatic nitrogens is 2. The summed E-state index contributed by atoms with van der Waals surface area (Å²) in [5.74, 6) is 0.520. The van der Waals surface area contributed by atoms with Crippen LogP contribution in [0.15, 0.2) is 36.7 Å². The van der Waals surface area contributed by atoms with E-state index >= 15 is 0 Å². The minimum atomic E-state index is 0.520. The van der Waals surface area contributed by atoms with Crippen LogP contribution in [0.1, 0.15) is 37.8 Å². The number of aryl methyl sites for hydroxylation is 1. The van der Waals surface area contributed by atoms with Crippen molar-refractivity contribution in [1.29, 1.82) is 0 Å². The zero-order valence-electron chi connectivity index (χ0n) is 10.6. The molecule has 2 rings (SSSR count). The van der Waals surface area contributed by atoms with Gasteiger partial charge in [0.1, 0.15) is 0 Å². The quantitative estimate of drug-likeness (QED) is 0.795. The molecule has 0 bridgehead atoms. The fourth-order valence-electron chi connectivity index (χ4n) is 1.68. The molecule has 2 heteroatoms. The number of pyridine rings is 2. The molecule has 0 radical (unpaired) electrons. The van der Waals surface area contributed by atoms with Crippen molar-refractivity contribution in [3.05, 3.63) is 47.8 Å². The second-order valence-electron chi connectivity index (χ2n) is 4.54. The highest BCUT2D eigenvalue weighted by Crippen LogP contribution is 2.18. The molecule has 0 aliphatic rings. The Morgan fingerprint density at radius 3 is 2.00 bits per heavy atom. The summed E-state index contributed by atoms with van der Waals surface area (Å²) in [7, 11) is 0. The lowest BCUT2D eigenvalue weighted by molar-refractivity contribution is 0.858. The van der Waals surface area contributed by atoms with E-state index in [9.17, 15) is 0 Å². The van der Waals surface area contributed by atoms with Gasteiger partial charge in [0, 0.05) is 12.4 Å². The predicted molar refractivity (Wildman–Crippen MR) is 70.9 cm³/mol. The molecule has 0 amide bonds. The van der Waals surface area contributed by atoms with Gasteiger partial charge in [-0.25, -0.2) is 0 Å². The largest absolute Gasteiger partial charge is 0.254 e. The Morgan fingerprint density at radius 1 is 0.941 bits per heavy atom. The Balaban J connectivity index is 2.26. The summed E-state index contributed by atoms with van der Waals surface area (Å²) in [6.07, 6.45) is 4.88. The van der Waals surface area contributed by atoms with Crippen LogP contribution in [0, 0.1) is 0 Å². The molecule has 17 heavy (non-hydrogen) atoms. The first-order chi connectivity index (χ1) is 8.20. The lowest BCUT2D eigenvalue weighted by atomic mass is 10.1. The number of hydrogen-bond acceptors (Lipinski definition) is 2. The maximum absolute atomic E-state index is 4.46. The van der Waals surface area contributed by atoms with Crippen molar-refractivity contribution in [3.8, 4) is 11.4 Å². The van der Waals surface area contributed by atoms with E-state index < -0.39 is 0 Å². The Morgan fingerprint density at radius 2 is 1.59 bits per heavy atom. The Kier molecular flexibility index (Phi) is 3.52. The van der Waals surface area contributed by atoms with Crippen molar-refractivity contribution in [2.24, 2.45) is 0 Å². The van der Waals surface area contributed by atoms with Crippen molar-refractivity contribution in [1.82, 2.24) is 9.97 Å². The second-order valence-corrected chi connectivity index (χ2v) is 4.54. The van der Waals surface area contributed by atoms with Crippen LogP contribution in [0.2, 0.25) is 0 Å². The van der Waals surface area contributed by atoms with Gasteiger partial charge >= 0.3 is 0 Å². The topological polar surface area (TPSA) is 25.8 Å². The van der Waals surface area contributed by atoms with Crippen LogP contribution in [0.4, 0.5) is 0 Å². The average molecular weight is 226 g/mol. The van der Waals surface area contributed by atoms with E-state index in [1.165, 1.54) is 11.1 Å². The molecule has 0 fully saturated rings. The van der Waals surface area contributed by atoms with Gasteiger partial charge in [0.15, 0.2) is 0 Å². The molecule has 0 aromatic carbocycles. The third kappa shape index (κ3) is 2.70. The Bertz CT molecular complexity index is 469. The fraction of sp³-hybridized carbons (Fsp3) is 0.333. The van der Waals surface area contributed by atoms with Gasteiger partial charge in [-0.15, -0.1) is 0 Å². The Labute approximate surface area is 103 Å². The lowest BCUT2D eigenvalue weighted by Gasteiger charge is -2.06. The third-order valence-electron chi connectivity index (χ3n) is 2.95. The molecule has 0 saturated carbocycles. The molecule has 0 aliphatic heterocycles. The highest BCUT2D eigenvalue weighted by Gasteiger charge is 2.03. The van der Waals surface area contributed by atoms with Crippen LogP contribution in [0.3, 0.4) is 0 Å². The summed E-state index contributed by atoms with van der Waals surface area (Å²) >= 11 is 0. The molecule has 0 N–H and O–H groups in total. The minimum absolute atomic E-state index is 0.520. The molecule has 2 heterocycles. The van der Waals surface area contributed by atoms with E-state index in [1.807, 2.05) is 24.5 Å². The van der Waals surface area contributed by atoms with Gasteiger partial charge in [-0.3, -0.25) is 9.97 Å². The van der Waals surface area contributed by atoms with Gasteiger partial charge in [0.05, 0.1) is 11.4 Å². The van der Waals surface area contributed by atoms with Crippen molar-refractivity contribution >= 4 is 0 Å². The summed E-state index contributed by atoms with van der Waals surface area (Å²) < 4.78 is 0. The van der Waals surface area contributed by atoms with E-state index in [0.717, 1.165) is 17.8 Å². The van der Waals surface area contributed by atoms with E-state index in [2.05, 4.69) is 42.9 Å². The smallest absolute Gasteiger partial charge is 0.0886 e. The van der Waals surface area contributed by atoms with Crippen LogP contribution in [0.25, 0.3) is 11.4 Å². The monoisotopic (exact) mass is 226 g/mol. The summed E-state index contributed by atoms with van der Waals surface area (Å²) in [4.78, 5) is 8.89. The first-order valence-electron chi connectivity index (χ1n) is 6.12. The summed E-state index contributed by atoms with van der Waals surface area (Å²) in [6.45, 7) is 6.47. The third-order valence-corrected chi connectivity index (χ3v) is 2.95. The number of nitrogens with zero attached hydrogens (tertiary/aromatic N) is 2. The molecule has 0 saturated heterocycles. The number of rotatable bonds is 3.